The number of rotatable bonds is 1. The van der Waals surface area contributed by atoms with Crippen molar-refractivity contribution in [2.75, 3.05) is 18.0 Å². The second kappa shape index (κ2) is 4.11. The average Bonchev–Trinajstić information content (AvgIpc) is 2.46. The van der Waals surface area contributed by atoms with Crippen molar-refractivity contribution in [2.24, 2.45) is 0 Å². The molecule has 0 bridgehead atoms. The van der Waals surface area contributed by atoms with Crippen molar-refractivity contribution in [1.29, 1.82) is 0 Å². The van der Waals surface area contributed by atoms with Crippen LogP contribution in [0, 0.1) is 0 Å². The predicted octanol–water partition coefficient (Wildman–Crippen LogP) is 2.99. The van der Waals surface area contributed by atoms with E-state index in [9.17, 15) is 0 Å². The SMILES string of the molecule is CCN1CCc2ccc(Br)cc21.N. The van der Waals surface area contributed by atoms with Crippen LogP contribution in [-0.4, -0.2) is 13.1 Å². The van der Waals surface area contributed by atoms with E-state index in [1.165, 1.54) is 28.7 Å². The molecule has 0 radical (unpaired) electrons. The number of nitrogens with zero attached hydrogens (tertiary/aromatic N) is 1. The van der Waals surface area contributed by atoms with Gasteiger partial charge in [0, 0.05) is 23.2 Å². The Morgan fingerprint density at radius 2 is 2.23 bits per heavy atom. The van der Waals surface area contributed by atoms with Crippen LogP contribution in [0.25, 0.3) is 0 Å². The van der Waals surface area contributed by atoms with Crippen LogP contribution in [-0.2, 0) is 6.42 Å². The van der Waals surface area contributed by atoms with Crippen LogP contribution in [0.5, 0.6) is 0 Å². The normalized spacial score (nSPS) is 13.8. The predicted molar refractivity (Wildman–Crippen MR) is 60.8 cm³/mol. The molecular formula is C10H15BrN2. The summed E-state index contributed by atoms with van der Waals surface area (Å²) in [6, 6.07) is 6.55. The zero-order chi connectivity index (χ0) is 8.55. The van der Waals surface area contributed by atoms with Crippen LogP contribution in [0.2, 0.25) is 0 Å². The van der Waals surface area contributed by atoms with Crippen LogP contribution in [0.15, 0.2) is 22.7 Å². The Morgan fingerprint density at radius 1 is 1.46 bits per heavy atom. The standard InChI is InChI=1S/C10H12BrN.H3N/c1-2-12-6-5-8-3-4-9(11)7-10(8)12;/h3-4,7H,2,5-6H2,1H3;1H3. The average molecular weight is 243 g/mol. The fraction of sp³-hybridized carbons (Fsp3) is 0.400. The first-order valence-electron chi connectivity index (χ1n) is 4.34. The second-order valence-electron chi connectivity index (χ2n) is 3.10. The molecule has 0 fully saturated rings. The molecule has 0 aliphatic carbocycles. The van der Waals surface area contributed by atoms with Gasteiger partial charge in [0.25, 0.3) is 0 Å². The minimum absolute atomic E-state index is 0. The van der Waals surface area contributed by atoms with E-state index in [-0.39, 0.29) is 6.15 Å². The van der Waals surface area contributed by atoms with Gasteiger partial charge in [0.15, 0.2) is 0 Å². The van der Waals surface area contributed by atoms with Crippen LogP contribution in [0.3, 0.4) is 0 Å². The van der Waals surface area contributed by atoms with Crippen LogP contribution < -0.4 is 11.1 Å². The van der Waals surface area contributed by atoms with Crippen molar-refractivity contribution in [3.05, 3.63) is 28.2 Å². The fourth-order valence-corrected chi connectivity index (χ4v) is 2.10. The van der Waals surface area contributed by atoms with Crippen molar-refractivity contribution in [3.63, 3.8) is 0 Å². The molecule has 0 atom stereocenters. The number of anilines is 1. The minimum atomic E-state index is 0. The summed E-state index contributed by atoms with van der Waals surface area (Å²) in [5.41, 5.74) is 2.90. The maximum absolute atomic E-state index is 3.49. The summed E-state index contributed by atoms with van der Waals surface area (Å²) in [5.74, 6) is 0. The van der Waals surface area contributed by atoms with Crippen molar-refractivity contribution >= 4 is 21.6 Å². The molecule has 3 N–H and O–H groups in total. The van der Waals surface area contributed by atoms with E-state index in [1.54, 1.807) is 0 Å². The van der Waals surface area contributed by atoms with Gasteiger partial charge in [-0.25, -0.2) is 0 Å². The lowest BCUT2D eigenvalue weighted by Crippen LogP contribution is -2.19. The summed E-state index contributed by atoms with van der Waals surface area (Å²) in [6.07, 6.45) is 1.20. The molecule has 1 aliphatic rings. The first-order chi connectivity index (χ1) is 5.81. The van der Waals surface area contributed by atoms with Crippen molar-refractivity contribution in [3.8, 4) is 0 Å². The molecule has 0 unspecified atom stereocenters. The Kier molecular flexibility index (Phi) is 3.33. The first-order valence-corrected chi connectivity index (χ1v) is 5.14. The van der Waals surface area contributed by atoms with Gasteiger partial charge in [-0.15, -0.1) is 0 Å². The monoisotopic (exact) mass is 242 g/mol. The van der Waals surface area contributed by atoms with Crippen LogP contribution in [0.4, 0.5) is 5.69 Å². The molecule has 0 saturated heterocycles. The van der Waals surface area contributed by atoms with Gasteiger partial charge in [-0.2, -0.15) is 0 Å². The molecule has 2 nitrogen and oxygen atoms in total. The smallest absolute Gasteiger partial charge is 0.0410 e. The zero-order valence-electron chi connectivity index (χ0n) is 7.89. The lowest BCUT2D eigenvalue weighted by molar-refractivity contribution is 0.868. The number of fused-ring (bicyclic) bond motifs is 1. The second-order valence-corrected chi connectivity index (χ2v) is 4.02. The molecule has 1 aliphatic heterocycles. The van der Waals surface area contributed by atoms with Crippen molar-refractivity contribution in [2.45, 2.75) is 13.3 Å². The summed E-state index contributed by atoms with van der Waals surface area (Å²) in [6.45, 7) is 4.50. The van der Waals surface area contributed by atoms with Gasteiger partial charge in [0.05, 0.1) is 0 Å². The number of hydrogen-bond donors (Lipinski definition) is 1. The minimum Gasteiger partial charge on any atom is -0.371 e. The van der Waals surface area contributed by atoms with E-state index in [2.05, 4.69) is 46.0 Å². The molecule has 0 saturated carbocycles. The Morgan fingerprint density at radius 3 is 2.92 bits per heavy atom. The van der Waals surface area contributed by atoms with E-state index in [4.69, 9.17) is 0 Å². The van der Waals surface area contributed by atoms with Gasteiger partial charge in [-0.3, -0.25) is 0 Å². The van der Waals surface area contributed by atoms with E-state index < -0.39 is 0 Å². The van der Waals surface area contributed by atoms with E-state index >= 15 is 0 Å². The maximum Gasteiger partial charge on any atom is 0.0410 e. The summed E-state index contributed by atoms with van der Waals surface area (Å²) in [4.78, 5) is 2.42. The van der Waals surface area contributed by atoms with E-state index in [0.29, 0.717) is 0 Å². The molecule has 13 heavy (non-hydrogen) atoms. The first kappa shape index (κ1) is 10.5. The Bertz CT molecular complexity index is 299. The highest BCUT2D eigenvalue weighted by Crippen LogP contribution is 2.30. The quantitative estimate of drug-likeness (QED) is 0.823. The van der Waals surface area contributed by atoms with Gasteiger partial charge < -0.3 is 11.1 Å². The fourth-order valence-electron chi connectivity index (χ4n) is 1.75. The van der Waals surface area contributed by atoms with Gasteiger partial charge >= 0.3 is 0 Å². The van der Waals surface area contributed by atoms with Crippen molar-refractivity contribution < 1.29 is 0 Å². The zero-order valence-corrected chi connectivity index (χ0v) is 9.47. The van der Waals surface area contributed by atoms with Gasteiger partial charge in [-0.05, 0) is 31.0 Å². The largest absolute Gasteiger partial charge is 0.371 e. The van der Waals surface area contributed by atoms with E-state index in [0.717, 1.165) is 6.54 Å². The summed E-state index contributed by atoms with van der Waals surface area (Å²) >= 11 is 3.49. The lowest BCUT2D eigenvalue weighted by atomic mass is 10.2. The third-order valence-corrected chi connectivity index (χ3v) is 2.91. The van der Waals surface area contributed by atoms with E-state index in [1.807, 2.05) is 0 Å². The molecule has 1 aromatic rings. The molecule has 0 aromatic heterocycles. The van der Waals surface area contributed by atoms with Crippen LogP contribution in [0.1, 0.15) is 12.5 Å². The number of halogens is 1. The molecule has 0 amide bonds. The molecular weight excluding hydrogens is 228 g/mol. The molecule has 3 heteroatoms. The van der Waals surface area contributed by atoms with Crippen LogP contribution >= 0.6 is 15.9 Å². The highest BCUT2D eigenvalue weighted by molar-refractivity contribution is 9.10. The number of hydrogen-bond acceptors (Lipinski definition) is 2. The Hall–Kier alpha value is -0.540. The topological polar surface area (TPSA) is 38.2 Å². The third kappa shape index (κ3) is 1.86. The number of likely N-dealkylation sites (N-methyl/N-ethyl adjacent to an activating group) is 1. The van der Waals surface area contributed by atoms with Gasteiger partial charge in [0.2, 0.25) is 0 Å². The summed E-state index contributed by atoms with van der Waals surface area (Å²) in [5, 5.41) is 0. The summed E-state index contributed by atoms with van der Waals surface area (Å²) in [7, 11) is 0. The maximum atomic E-state index is 3.49. The molecule has 0 spiro atoms. The number of benzene rings is 1. The molecule has 72 valence electrons. The van der Waals surface area contributed by atoms with Gasteiger partial charge in [0.1, 0.15) is 0 Å². The Balaban J connectivity index is 0.000000845. The highest BCUT2D eigenvalue weighted by Gasteiger charge is 2.16. The van der Waals surface area contributed by atoms with Crippen molar-refractivity contribution in [1.82, 2.24) is 6.15 Å². The molecule has 1 aromatic carbocycles. The molecule has 2 rings (SSSR count). The Labute approximate surface area is 87.6 Å². The lowest BCUT2D eigenvalue weighted by Gasteiger charge is -2.16. The third-order valence-electron chi connectivity index (χ3n) is 2.42. The highest BCUT2D eigenvalue weighted by atomic mass is 79.9. The summed E-state index contributed by atoms with van der Waals surface area (Å²) < 4.78 is 1.18. The van der Waals surface area contributed by atoms with Gasteiger partial charge in [-0.1, -0.05) is 22.0 Å². The molecule has 1 heterocycles.